The van der Waals surface area contributed by atoms with Crippen LogP contribution in [0.1, 0.15) is 6.92 Å². The summed E-state index contributed by atoms with van der Waals surface area (Å²) in [4.78, 5) is 0. The Bertz CT molecular complexity index is 902. The molecule has 0 atom stereocenters. The number of rotatable bonds is 6. The fraction of sp³-hybridized carbons (Fsp3) is 0.294. The highest BCUT2D eigenvalue weighted by atomic mass is 127. The number of hydrogen-bond acceptors (Lipinski definition) is 4. The average molecular weight is 556 g/mol. The maximum absolute atomic E-state index is 12.1. The van der Waals surface area contributed by atoms with Gasteiger partial charge in [-0.1, -0.05) is 30.3 Å². The highest BCUT2D eigenvalue weighted by molar-refractivity contribution is 7.86. The molecule has 0 aliphatic carbocycles. The van der Waals surface area contributed by atoms with Gasteiger partial charge in [-0.25, -0.2) is 8.42 Å². The van der Waals surface area contributed by atoms with Gasteiger partial charge in [0.05, 0.1) is 7.11 Å². The molecule has 0 bridgehead atoms. The van der Waals surface area contributed by atoms with E-state index < -0.39 is 34.1 Å². The zero-order valence-corrected chi connectivity index (χ0v) is 17.9. The van der Waals surface area contributed by atoms with Gasteiger partial charge in [-0.3, -0.25) is 0 Å². The summed E-state index contributed by atoms with van der Waals surface area (Å²) in [5.74, 6) is -10.6. The molecule has 2 aromatic carbocycles. The van der Waals surface area contributed by atoms with Crippen molar-refractivity contribution in [2.24, 2.45) is 0 Å². The van der Waals surface area contributed by atoms with Crippen molar-refractivity contribution < 1.29 is 65.3 Å². The van der Waals surface area contributed by atoms with Crippen LogP contribution in [0, 0.1) is 7.14 Å². The van der Waals surface area contributed by atoms with Crippen molar-refractivity contribution in [3.8, 4) is 5.75 Å². The van der Waals surface area contributed by atoms with Crippen LogP contribution in [-0.2, 0) is 10.1 Å². The minimum absolute atomic E-state index is 0.124. The van der Waals surface area contributed by atoms with Crippen molar-refractivity contribution >= 4 is 10.1 Å². The van der Waals surface area contributed by atoms with Gasteiger partial charge in [0.2, 0.25) is 3.57 Å². The second-order valence-electron chi connectivity index (χ2n) is 5.46. The summed E-state index contributed by atoms with van der Waals surface area (Å²) in [5.41, 5.74) is 0. The predicted octanol–water partition coefficient (Wildman–Crippen LogP) is 1.24. The third-order valence-electron chi connectivity index (χ3n) is 3.23. The lowest BCUT2D eigenvalue weighted by atomic mass is 10.2. The van der Waals surface area contributed by atoms with Gasteiger partial charge in [0.15, 0.2) is 19.4 Å². The van der Waals surface area contributed by atoms with Crippen molar-refractivity contribution in [1.82, 2.24) is 0 Å². The van der Waals surface area contributed by atoms with Crippen molar-refractivity contribution in [2.45, 2.75) is 24.0 Å². The normalized spacial score (nSPS) is 12.7. The van der Waals surface area contributed by atoms with Crippen LogP contribution in [0.5, 0.6) is 5.75 Å². The van der Waals surface area contributed by atoms with Crippen molar-refractivity contribution in [2.75, 3.05) is 7.11 Å². The Morgan fingerprint density at radius 1 is 0.897 bits per heavy atom. The van der Waals surface area contributed by atoms with E-state index in [-0.39, 0.29) is 21.2 Å². The van der Waals surface area contributed by atoms with Gasteiger partial charge in [-0.2, -0.15) is 26.3 Å². The fourth-order valence-electron chi connectivity index (χ4n) is 1.70. The van der Waals surface area contributed by atoms with E-state index in [1.165, 1.54) is 7.14 Å². The quantitative estimate of drug-likeness (QED) is 0.306. The molecule has 0 unspecified atom stereocenters. The molecule has 2 rings (SSSR count). The minimum atomic E-state index is -6.86. The molecule has 2 aromatic rings. The first kappa shape index (κ1) is 25.5. The topological polar surface area (TPSA) is 66.4 Å². The molecule has 0 radical (unpaired) electrons. The maximum Gasteiger partial charge on any atom is 0.402 e. The van der Waals surface area contributed by atoms with Crippen LogP contribution in [0.15, 0.2) is 54.6 Å². The third-order valence-corrected chi connectivity index (χ3v) is 6.93. The van der Waals surface area contributed by atoms with Crippen LogP contribution in [-0.4, -0.2) is 37.2 Å². The van der Waals surface area contributed by atoms with E-state index in [0.29, 0.717) is 0 Å². The first-order chi connectivity index (χ1) is 13.1. The summed E-state index contributed by atoms with van der Waals surface area (Å²) in [6.45, 7) is -0.619. The molecule has 4 nitrogen and oxygen atoms in total. The van der Waals surface area contributed by atoms with Crippen LogP contribution < -0.4 is 25.9 Å². The lowest BCUT2D eigenvalue weighted by molar-refractivity contribution is -0.598. The number of halogens is 7. The smallest absolute Gasteiger partial charge is 0.402 e. The summed E-state index contributed by atoms with van der Waals surface area (Å²) in [6.07, 6.45) is 0. The first-order valence-corrected chi connectivity index (χ1v) is 11.1. The molecular formula is C17H15F6IO4S. The van der Waals surface area contributed by atoms with Gasteiger partial charge < -0.3 is 9.29 Å². The molecule has 12 heteroatoms. The Morgan fingerprint density at radius 2 is 1.38 bits per heavy atom. The SMILES string of the molecule is CC(F)(F)C(F)(F)C(F)(F)S(=O)(=O)[O-].COc1ccccc1[I+]c1ccccc1. The molecule has 0 aromatic heterocycles. The summed E-state index contributed by atoms with van der Waals surface area (Å²) in [6, 6.07) is 18.8. The van der Waals surface area contributed by atoms with E-state index in [0.717, 1.165) is 5.75 Å². The minimum Gasteiger partial charge on any atom is -0.743 e. The molecule has 0 N–H and O–H groups in total. The largest absolute Gasteiger partial charge is 0.743 e. The van der Waals surface area contributed by atoms with Crippen molar-refractivity contribution in [3.63, 3.8) is 0 Å². The molecule has 162 valence electrons. The van der Waals surface area contributed by atoms with E-state index in [1.807, 2.05) is 12.1 Å². The number of para-hydroxylation sites is 1. The lowest BCUT2D eigenvalue weighted by Gasteiger charge is -2.31. The Morgan fingerprint density at radius 3 is 1.79 bits per heavy atom. The maximum atomic E-state index is 12.1. The van der Waals surface area contributed by atoms with Gasteiger partial charge in [0.1, 0.15) is 0 Å². The first-order valence-electron chi connectivity index (χ1n) is 7.57. The number of alkyl halides is 6. The average Bonchev–Trinajstić information content (AvgIpc) is 2.61. The van der Waals surface area contributed by atoms with Gasteiger partial charge in [-0.15, -0.1) is 0 Å². The summed E-state index contributed by atoms with van der Waals surface area (Å²) >= 11 is -0.124. The van der Waals surface area contributed by atoms with Crippen LogP contribution in [0.4, 0.5) is 26.3 Å². The van der Waals surface area contributed by atoms with E-state index in [1.54, 1.807) is 7.11 Å². The van der Waals surface area contributed by atoms with Crippen molar-refractivity contribution in [1.29, 1.82) is 0 Å². The third kappa shape index (κ3) is 6.22. The molecule has 0 heterocycles. The molecule has 0 saturated heterocycles. The highest BCUT2D eigenvalue weighted by Crippen LogP contribution is 2.47. The molecule has 0 aliphatic rings. The van der Waals surface area contributed by atoms with E-state index in [2.05, 4.69) is 42.5 Å². The van der Waals surface area contributed by atoms with E-state index in [4.69, 9.17) is 4.74 Å². The van der Waals surface area contributed by atoms with Crippen LogP contribution >= 0.6 is 0 Å². The van der Waals surface area contributed by atoms with Crippen LogP contribution in [0.25, 0.3) is 0 Å². The van der Waals surface area contributed by atoms with Crippen LogP contribution in [0.3, 0.4) is 0 Å². The molecule has 0 saturated carbocycles. The second-order valence-corrected chi connectivity index (χ2v) is 9.83. The second kappa shape index (κ2) is 9.51. The van der Waals surface area contributed by atoms with E-state index in [9.17, 15) is 39.3 Å². The Hall–Kier alpha value is -1.54. The molecule has 0 amide bonds. The van der Waals surface area contributed by atoms with Crippen molar-refractivity contribution in [3.05, 3.63) is 61.7 Å². The standard InChI is InChI=1S/C13H12IO.C4H4F6O3S/c1-15-13-10-6-5-9-12(13)14-11-7-3-2-4-8-11;1-2(5,6)3(7,8)4(9,10)14(11,12)13/h2-10H,1H3;1H3,(H,11,12,13)/q+1;/p-1. The van der Waals surface area contributed by atoms with Gasteiger partial charge in [-0.05, 0) is 24.3 Å². The molecule has 0 aliphatic heterocycles. The van der Waals surface area contributed by atoms with Crippen LogP contribution in [0.2, 0.25) is 0 Å². The highest BCUT2D eigenvalue weighted by Gasteiger charge is 2.72. The Labute approximate surface area is 173 Å². The van der Waals surface area contributed by atoms with Gasteiger partial charge in [0, 0.05) is 6.92 Å². The molecular weight excluding hydrogens is 541 g/mol. The number of hydrogen-bond donors (Lipinski definition) is 0. The van der Waals surface area contributed by atoms with Gasteiger partial charge in [0.25, 0.3) is 0 Å². The molecule has 0 spiro atoms. The summed E-state index contributed by atoms with van der Waals surface area (Å²) in [7, 11) is -5.13. The zero-order chi connectivity index (χ0) is 22.5. The van der Waals surface area contributed by atoms with Gasteiger partial charge >= 0.3 is 38.3 Å². The predicted molar refractivity (Wildman–Crippen MR) is 87.0 cm³/mol. The molecule has 29 heavy (non-hydrogen) atoms. The number of ether oxygens (including phenoxy) is 1. The number of methoxy groups -OCH3 is 1. The fourth-order valence-corrected chi connectivity index (χ4v) is 4.69. The lowest BCUT2D eigenvalue weighted by Crippen LogP contribution is -3.61. The monoisotopic (exact) mass is 556 g/mol. The molecule has 0 fully saturated rings. The summed E-state index contributed by atoms with van der Waals surface area (Å²) in [5, 5.41) is -6.35. The Kier molecular flexibility index (Phi) is 8.36. The number of benzene rings is 2. The summed E-state index contributed by atoms with van der Waals surface area (Å²) < 4.78 is 109. The van der Waals surface area contributed by atoms with E-state index >= 15 is 0 Å². The zero-order valence-electron chi connectivity index (χ0n) is 14.9. The Balaban J connectivity index is 0.000000291.